The Balaban J connectivity index is 2.40. The van der Waals surface area contributed by atoms with Crippen LogP contribution < -0.4 is 4.72 Å². The topological polar surface area (TPSA) is 98.2 Å². The SMILES string of the molecule is Cc1noc(C)c1S(=O)(=O)Nc1ccon1. The smallest absolute Gasteiger partial charge is 0.268 e. The molecule has 0 unspecified atom stereocenters. The number of nitrogens with zero attached hydrogens (tertiary/aromatic N) is 2. The zero-order valence-corrected chi connectivity index (χ0v) is 9.41. The van der Waals surface area contributed by atoms with Crippen LogP contribution in [0.1, 0.15) is 11.5 Å². The minimum atomic E-state index is -3.73. The summed E-state index contributed by atoms with van der Waals surface area (Å²) in [6, 6.07) is 1.40. The highest BCUT2D eigenvalue weighted by molar-refractivity contribution is 7.92. The van der Waals surface area contributed by atoms with Crippen LogP contribution in [0, 0.1) is 13.8 Å². The largest absolute Gasteiger partial charge is 0.363 e. The van der Waals surface area contributed by atoms with E-state index in [0.717, 1.165) is 0 Å². The van der Waals surface area contributed by atoms with Crippen LogP contribution in [0.25, 0.3) is 0 Å². The van der Waals surface area contributed by atoms with Crippen molar-refractivity contribution in [2.45, 2.75) is 18.7 Å². The lowest BCUT2D eigenvalue weighted by molar-refractivity contribution is 0.390. The number of aromatic nitrogens is 2. The Bertz CT molecular complexity index is 565. The quantitative estimate of drug-likeness (QED) is 0.866. The first kappa shape index (κ1) is 10.7. The molecule has 16 heavy (non-hydrogen) atoms. The van der Waals surface area contributed by atoms with Crippen LogP contribution in [0.5, 0.6) is 0 Å². The number of sulfonamides is 1. The summed E-state index contributed by atoms with van der Waals surface area (Å²) in [6.07, 6.45) is 1.27. The van der Waals surface area contributed by atoms with E-state index in [1.54, 1.807) is 6.92 Å². The molecular weight excluding hydrogens is 234 g/mol. The average Bonchev–Trinajstić information content (AvgIpc) is 2.76. The van der Waals surface area contributed by atoms with Crippen molar-refractivity contribution in [1.29, 1.82) is 0 Å². The zero-order valence-electron chi connectivity index (χ0n) is 8.59. The molecule has 0 atom stereocenters. The third-order valence-electron chi connectivity index (χ3n) is 1.91. The van der Waals surface area contributed by atoms with E-state index in [-0.39, 0.29) is 16.5 Å². The van der Waals surface area contributed by atoms with E-state index in [1.807, 2.05) is 0 Å². The van der Waals surface area contributed by atoms with Gasteiger partial charge in [0, 0.05) is 6.07 Å². The van der Waals surface area contributed by atoms with E-state index in [1.165, 1.54) is 19.3 Å². The van der Waals surface area contributed by atoms with Crippen LogP contribution in [-0.4, -0.2) is 18.7 Å². The molecule has 0 spiro atoms. The Morgan fingerprint density at radius 3 is 2.56 bits per heavy atom. The van der Waals surface area contributed by atoms with Crippen LogP contribution in [0.15, 0.2) is 26.3 Å². The molecule has 0 aliphatic carbocycles. The first-order chi connectivity index (χ1) is 7.50. The Morgan fingerprint density at radius 1 is 1.31 bits per heavy atom. The number of anilines is 1. The standard InChI is InChI=1S/C8H9N3O4S/c1-5-8(6(2)15-9-5)16(12,13)11-7-3-4-14-10-7/h3-4H,1-2H3,(H,10,11). The summed E-state index contributed by atoms with van der Waals surface area (Å²) in [5.41, 5.74) is 0.300. The van der Waals surface area contributed by atoms with Crippen LogP contribution in [0.2, 0.25) is 0 Å². The Morgan fingerprint density at radius 2 is 2.06 bits per heavy atom. The van der Waals surface area contributed by atoms with Gasteiger partial charge in [-0.3, -0.25) is 4.72 Å². The number of hydrogen-bond acceptors (Lipinski definition) is 6. The molecule has 0 saturated heterocycles. The van der Waals surface area contributed by atoms with E-state index in [9.17, 15) is 8.42 Å². The van der Waals surface area contributed by atoms with Crippen molar-refractivity contribution in [2.24, 2.45) is 0 Å². The van der Waals surface area contributed by atoms with Gasteiger partial charge in [-0.25, -0.2) is 8.42 Å². The second-order valence-electron chi connectivity index (χ2n) is 3.14. The minimum Gasteiger partial charge on any atom is -0.363 e. The number of nitrogens with one attached hydrogen (secondary N) is 1. The highest BCUT2D eigenvalue weighted by Gasteiger charge is 2.24. The Hall–Kier alpha value is -1.83. The summed E-state index contributed by atoms with van der Waals surface area (Å²) < 4.78 is 35.4. The monoisotopic (exact) mass is 243 g/mol. The number of hydrogen-bond donors (Lipinski definition) is 1. The molecule has 1 N–H and O–H groups in total. The molecule has 2 rings (SSSR count). The number of aryl methyl sites for hydroxylation is 2. The summed E-state index contributed by atoms with van der Waals surface area (Å²) in [6.45, 7) is 3.07. The summed E-state index contributed by atoms with van der Waals surface area (Å²) in [5, 5.41) is 7.03. The van der Waals surface area contributed by atoms with Gasteiger partial charge in [0.25, 0.3) is 10.0 Å². The fourth-order valence-corrected chi connectivity index (χ4v) is 2.64. The maximum absolute atomic E-state index is 11.9. The van der Waals surface area contributed by atoms with Gasteiger partial charge in [0.1, 0.15) is 12.0 Å². The van der Waals surface area contributed by atoms with Crippen molar-refractivity contribution < 1.29 is 17.5 Å². The summed E-state index contributed by atoms with van der Waals surface area (Å²) in [7, 11) is -3.73. The van der Waals surface area contributed by atoms with Gasteiger partial charge in [-0.15, -0.1) is 0 Å². The molecule has 8 heteroatoms. The lowest BCUT2D eigenvalue weighted by Crippen LogP contribution is -2.14. The van der Waals surface area contributed by atoms with Crippen molar-refractivity contribution >= 4 is 15.8 Å². The summed E-state index contributed by atoms with van der Waals surface area (Å²) in [5.74, 6) is 0.341. The highest BCUT2D eigenvalue weighted by Crippen LogP contribution is 2.21. The molecule has 0 fully saturated rings. The van der Waals surface area contributed by atoms with E-state index in [2.05, 4.69) is 19.6 Å². The van der Waals surface area contributed by atoms with Gasteiger partial charge < -0.3 is 9.05 Å². The molecule has 0 aliphatic heterocycles. The predicted octanol–water partition coefficient (Wildman–Crippen LogP) is 1.08. The fourth-order valence-electron chi connectivity index (χ4n) is 1.31. The van der Waals surface area contributed by atoms with Gasteiger partial charge in [-0.05, 0) is 13.8 Å². The van der Waals surface area contributed by atoms with E-state index < -0.39 is 10.0 Å². The number of rotatable bonds is 3. The van der Waals surface area contributed by atoms with Crippen LogP contribution in [0.4, 0.5) is 5.82 Å². The van der Waals surface area contributed by atoms with Gasteiger partial charge in [0.05, 0.1) is 0 Å². The Kier molecular flexibility index (Phi) is 2.43. The van der Waals surface area contributed by atoms with Crippen molar-refractivity contribution in [2.75, 3.05) is 4.72 Å². The zero-order chi connectivity index (χ0) is 11.8. The van der Waals surface area contributed by atoms with Gasteiger partial charge in [0.15, 0.2) is 16.5 Å². The molecule has 2 aromatic heterocycles. The molecular formula is C8H9N3O4S. The van der Waals surface area contributed by atoms with Gasteiger partial charge in [-0.1, -0.05) is 10.3 Å². The molecule has 2 heterocycles. The second-order valence-corrected chi connectivity index (χ2v) is 4.76. The van der Waals surface area contributed by atoms with Crippen LogP contribution in [-0.2, 0) is 10.0 Å². The minimum absolute atomic E-state index is 0.0236. The Labute approximate surface area is 91.5 Å². The molecule has 7 nitrogen and oxygen atoms in total. The normalized spacial score (nSPS) is 11.6. The van der Waals surface area contributed by atoms with Crippen molar-refractivity contribution in [3.05, 3.63) is 23.8 Å². The van der Waals surface area contributed by atoms with Gasteiger partial charge in [0.2, 0.25) is 0 Å². The van der Waals surface area contributed by atoms with E-state index >= 15 is 0 Å². The van der Waals surface area contributed by atoms with E-state index in [4.69, 9.17) is 4.52 Å². The highest BCUT2D eigenvalue weighted by atomic mass is 32.2. The summed E-state index contributed by atoms with van der Waals surface area (Å²) >= 11 is 0. The second kappa shape index (κ2) is 3.63. The molecule has 0 radical (unpaired) electrons. The first-order valence-electron chi connectivity index (χ1n) is 4.37. The lowest BCUT2D eigenvalue weighted by atomic mass is 10.4. The van der Waals surface area contributed by atoms with Crippen molar-refractivity contribution in [1.82, 2.24) is 10.3 Å². The molecule has 86 valence electrons. The first-order valence-corrected chi connectivity index (χ1v) is 5.85. The maximum Gasteiger partial charge on any atom is 0.268 e. The molecule has 0 bridgehead atoms. The molecule has 0 aromatic carbocycles. The third kappa shape index (κ3) is 1.78. The van der Waals surface area contributed by atoms with Crippen LogP contribution >= 0.6 is 0 Å². The predicted molar refractivity (Wildman–Crippen MR) is 53.3 cm³/mol. The molecule has 0 saturated carbocycles. The van der Waals surface area contributed by atoms with Crippen molar-refractivity contribution in [3.8, 4) is 0 Å². The van der Waals surface area contributed by atoms with E-state index in [0.29, 0.717) is 5.69 Å². The van der Waals surface area contributed by atoms with Gasteiger partial charge >= 0.3 is 0 Å². The third-order valence-corrected chi connectivity index (χ3v) is 3.51. The summed E-state index contributed by atoms with van der Waals surface area (Å²) in [4.78, 5) is 0.0236. The fraction of sp³-hybridized carbons (Fsp3) is 0.250. The average molecular weight is 243 g/mol. The lowest BCUT2D eigenvalue weighted by Gasteiger charge is -2.02. The molecule has 0 amide bonds. The molecule has 2 aromatic rings. The maximum atomic E-state index is 11.9. The van der Waals surface area contributed by atoms with Gasteiger partial charge in [-0.2, -0.15) is 0 Å². The van der Waals surface area contributed by atoms with Crippen molar-refractivity contribution in [3.63, 3.8) is 0 Å². The molecule has 0 aliphatic rings. The van der Waals surface area contributed by atoms with Crippen LogP contribution in [0.3, 0.4) is 0 Å².